The fourth-order valence-electron chi connectivity index (χ4n) is 2.64. The first kappa shape index (κ1) is 19.6. The second kappa shape index (κ2) is 9.67. The van der Waals surface area contributed by atoms with Crippen molar-refractivity contribution in [2.75, 3.05) is 6.61 Å². The van der Waals surface area contributed by atoms with E-state index in [0.717, 1.165) is 11.1 Å². The number of esters is 1. The van der Waals surface area contributed by atoms with Crippen LogP contribution >= 0.6 is 11.6 Å². The smallest absolute Gasteiger partial charge is 0.340 e. The van der Waals surface area contributed by atoms with E-state index in [1.54, 1.807) is 4.90 Å². The van der Waals surface area contributed by atoms with Crippen molar-refractivity contribution in [1.82, 2.24) is 9.88 Å². The number of rotatable bonds is 7. The van der Waals surface area contributed by atoms with Gasteiger partial charge >= 0.3 is 5.97 Å². The molecule has 0 radical (unpaired) electrons. The normalized spacial score (nSPS) is 10.3. The van der Waals surface area contributed by atoms with Gasteiger partial charge in [-0.1, -0.05) is 72.3 Å². The predicted molar refractivity (Wildman–Crippen MR) is 107 cm³/mol. The van der Waals surface area contributed by atoms with Gasteiger partial charge in [0.2, 0.25) is 0 Å². The maximum absolute atomic E-state index is 12.8. The molecule has 0 spiro atoms. The highest BCUT2D eigenvalue weighted by molar-refractivity contribution is 6.29. The monoisotopic (exact) mass is 394 g/mol. The number of carbonyl (C=O) groups excluding carboxylic acids is 2. The highest BCUT2D eigenvalue weighted by Crippen LogP contribution is 2.12. The molecular formula is C22H19ClN2O3. The Labute approximate surface area is 168 Å². The van der Waals surface area contributed by atoms with E-state index < -0.39 is 5.97 Å². The van der Waals surface area contributed by atoms with E-state index in [1.165, 1.54) is 18.3 Å². The van der Waals surface area contributed by atoms with Crippen molar-refractivity contribution >= 4 is 23.5 Å². The second-order valence-electron chi connectivity index (χ2n) is 6.17. The number of aromatic nitrogens is 1. The van der Waals surface area contributed by atoms with Gasteiger partial charge < -0.3 is 9.64 Å². The molecule has 5 nitrogen and oxygen atoms in total. The number of benzene rings is 2. The average molecular weight is 395 g/mol. The lowest BCUT2D eigenvalue weighted by Crippen LogP contribution is -2.34. The fraction of sp³-hybridized carbons (Fsp3) is 0.136. The quantitative estimate of drug-likeness (QED) is 0.446. The van der Waals surface area contributed by atoms with Crippen molar-refractivity contribution in [1.29, 1.82) is 0 Å². The van der Waals surface area contributed by atoms with Crippen molar-refractivity contribution in [3.05, 3.63) is 101 Å². The van der Waals surface area contributed by atoms with E-state index in [2.05, 4.69) is 4.98 Å². The van der Waals surface area contributed by atoms with Crippen molar-refractivity contribution in [3.8, 4) is 0 Å². The maximum atomic E-state index is 12.8. The predicted octanol–water partition coefficient (Wildman–Crippen LogP) is 4.12. The van der Waals surface area contributed by atoms with Crippen LogP contribution in [0, 0.1) is 0 Å². The Morgan fingerprint density at radius 3 is 1.93 bits per heavy atom. The van der Waals surface area contributed by atoms with Gasteiger partial charge in [0.25, 0.3) is 5.91 Å². The van der Waals surface area contributed by atoms with Gasteiger partial charge in [0.05, 0.1) is 5.56 Å². The molecule has 0 aliphatic heterocycles. The number of pyridine rings is 1. The van der Waals surface area contributed by atoms with Gasteiger partial charge in [-0.25, -0.2) is 9.78 Å². The summed E-state index contributed by atoms with van der Waals surface area (Å²) in [5.41, 5.74) is 2.25. The van der Waals surface area contributed by atoms with Crippen LogP contribution < -0.4 is 0 Å². The zero-order valence-corrected chi connectivity index (χ0v) is 15.9. The zero-order valence-electron chi connectivity index (χ0n) is 15.1. The molecule has 0 bridgehead atoms. The molecular weight excluding hydrogens is 376 g/mol. The van der Waals surface area contributed by atoms with Crippen LogP contribution in [0.5, 0.6) is 0 Å². The van der Waals surface area contributed by atoms with Crippen molar-refractivity contribution in [2.24, 2.45) is 0 Å². The number of nitrogens with zero attached hydrogens (tertiary/aromatic N) is 2. The molecule has 3 aromatic rings. The number of ether oxygens (including phenoxy) is 1. The lowest BCUT2D eigenvalue weighted by atomic mass is 10.1. The van der Waals surface area contributed by atoms with Crippen molar-refractivity contribution < 1.29 is 14.3 Å². The standard InChI is InChI=1S/C22H19ClN2O3/c23-20-12-11-19(13-24-20)22(27)28-16-21(26)25(14-17-7-3-1-4-8-17)15-18-9-5-2-6-10-18/h1-13H,14-16H2. The van der Waals surface area contributed by atoms with Crippen LogP contribution in [0.25, 0.3) is 0 Å². The Hall–Kier alpha value is -3.18. The van der Waals surface area contributed by atoms with Gasteiger partial charge in [0.15, 0.2) is 6.61 Å². The van der Waals surface area contributed by atoms with E-state index >= 15 is 0 Å². The molecule has 0 saturated heterocycles. The first-order chi connectivity index (χ1) is 13.6. The number of carbonyl (C=O) groups is 2. The number of amides is 1. The Morgan fingerprint density at radius 2 is 1.43 bits per heavy atom. The topological polar surface area (TPSA) is 59.5 Å². The maximum Gasteiger partial charge on any atom is 0.340 e. The Balaban J connectivity index is 1.66. The fourth-order valence-corrected chi connectivity index (χ4v) is 2.75. The van der Waals surface area contributed by atoms with Crippen LogP contribution in [0.1, 0.15) is 21.5 Å². The van der Waals surface area contributed by atoms with Gasteiger partial charge in [0.1, 0.15) is 5.15 Å². The molecule has 0 fully saturated rings. The lowest BCUT2D eigenvalue weighted by Gasteiger charge is -2.23. The largest absolute Gasteiger partial charge is 0.452 e. The van der Waals surface area contributed by atoms with Crippen molar-refractivity contribution in [3.63, 3.8) is 0 Å². The van der Waals surface area contributed by atoms with Crippen molar-refractivity contribution in [2.45, 2.75) is 13.1 Å². The average Bonchev–Trinajstić information content (AvgIpc) is 2.73. The molecule has 2 aromatic carbocycles. The second-order valence-corrected chi connectivity index (χ2v) is 6.55. The van der Waals surface area contributed by atoms with E-state index in [4.69, 9.17) is 16.3 Å². The molecule has 0 atom stereocenters. The highest BCUT2D eigenvalue weighted by atomic mass is 35.5. The third kappa shape index (κ3) is 5.66. The van der Waals surface area contributed by atoms with Crippen LogP contribution in [0.4, 0.5) is 0 Å². The summed E-state index contributed by atoms with van der Waals surface area (Å²) < 4.78 is 5.17. The summed E-state index contributed by atoms with van der Waals surface area (Å²) in [6.07, 6.45) is 1.32. The molecule has 0 unspecified atom stereocenters. The van der Waals surface area contributed by atoms with Crippen LogP contribution in [0.15, 0.2) is 79.0 Å². The summed E-state index contributed by atoms with van der Waals surface area (Å²) in [6.45, 7) is 0.504. The van der Waals surface area contributed by atoms with Crippen LogP contribution in [0.2, 0.25) is 5.15 Å². The summed E-state index contributed by atoms with van der Waals surface area (Å²) >= 11 is 5.72. The van der Waals surface area contributed by atoms with E-state index in [0.29, 0.717) is 13.1 Å². The number of hydrogen-bond acceptors (Lipinski definition) is 4. The Bertz CT molecular complexity index is 874. The van der Waals surface area contributed by atoms with Gasteiger partial charge in [-0.3, -0.25) is 4.79 Å². The summed E-state index contributed by atoms with van der Waals surface area (Å²) in [7, 11) is 0. The van der Waals surface area contributed by atoms with Gasteiger partial charge in [-0.15, -0.1) is 0 Å². The lowest BCUT2D eigenvalue weighted by molar-refractivity contribution is -0.135. The molecule has 0 N–H and O–H groups in total. The van der Waals surface area contributed by atoms with Crippen LogP contribution in [0.3, 0.4) is 0 Å². The summed E-state index contributed by atoms with van der Waals surface area (Å²) in [6, 6.07) is 22.4. The van der Waals surface area contributed by atoms with Gasteiger partial charge in [-0.2, -0.15) is 0 Å². The van der Waals surface area contributed by atoms with Gasteiger partial charge in [-0.05, 0) is 23.3 Å². The minimum absolute atomic E-state index is 0.245. The molecule has 1 aromatic heterocycles. The van der Waals surface area contributed by atoms with E-state index in [9.17, 15) is 9.59 Å². The zero-order chi connectivity index (χ0) is 19.8. The Kier molecular flexibility index (Phi) is 6.76. The highest BCUT2D eigenvalue weighted by Gasteiger charge is 2.17. The Morgan fingerprint density at radius 1 is 0.857 bits per heavy atom. The molecule has 0 aliphatic rings. The molecule has 0 saturated carbocycles. The first-order valence-electron chi connectivity index (χ1n) is 8.76. The van der Waals surface area contributed by atoms with E-state index in [1.807, 2.05) is 60.7 Å². The molecule has 28 heavy (non-hydrogen) atoms. The summed E-state index contributed by atoms with van der Waals surface area (Å²) in [4.78, 5) is 30.4. The molecule has 142 valence electrons. The minimum atomic E-state index is -0.614. The first-order valence-corrected chi connectivity index (χ1v) is 9.14. The molecule has 3 rings (SSSR count). The summed E-state index contributed by atoms with van der Waals surface area (Å²) in [5, 5.41) is 0.282. The molecule has 0 aliphatic carbocycles. The molecule has 1 amide bonds. The van der Waals surface area contributed by atoms with Crippen LogP contribution in [-0.4, -0.2) is 28.4 Å². The van der Waals surface area contributed by atoms with Gasteiger partial charge in [0, 0.05) is 19.3 Å². The van der Waals surface area contributed by atoms with Crippen LogP contribution in [-0.2, 0) is 22.6 Å². The SMILES string of the molecule is O=C(OCC(=O)N(Cc1ccccc1)Cc1ccccc1)c1ccc(Cl)nc1. The minimum Gasteiger partial charge on any atom is -0.452 e. The third-order valence-electron chi connectivity index (χ3n) is 4.08. The number of hydrogen-bond donors (Lipinski definition) is 0. The molecule has 1 heterocycles. The molecule has 6 heteroatoms. The third-order valence-corrected chi connectivity index (χ3v) is 4.30. The number of halogens is 1. The van der Waals surface area contributed by atoms with E-state index in [-0.39, 0.29) is 23.2 Å². The summed E-state index contributed by atoms with van der Waals surface area (Å²) in [5.74, 6) is -0.889.